The second-order valence-electron chi connectivity index (χ2n) is 5.89. The zero-order valence-corrected chi connectivity index (χ0v) is 16.4. The summed E-state index contributed by atoms with van der Waals surface area (Å²) < 4.78 is 33.9. The molecule has 0 saturated carbocycles. The molecule has 1 heterocycles. The Hall–Kier alpha value is -0.180. The molecule has 5 nitrogen and oxygen atoms in total. The van der Waals surface area contributed by atoms with Crippen LogP contribution in [0.3, 0.4) is 0 Å². The molecule has 23 heavy (non-hydrogen) atoms. The number of rotatable bonds is 6. The van der Waals surface area contributed by atoms with Crippen LogP contribution in [0.15, 0.2) is 27.6 Å². The van der Waals surface area contributed by atoms with E-state index in [2.05, 4.69) is 39.4 Å². The van der Waals surface area contributed by atoms with Gasteiger partial charge in [0.25, 0.3) is 0 Å². The van der Waals surface area contributed by atoms with Gasteiger partial charge in [0.1, 0.15) is 4.90 Å². The first-order valence-electron chi connectivity index (χ1n) is 7.58. The Morgan fingerprint density at radius 1 is 1.35 bits per heavy atom. The highest BCUT2D eigenvalue weighted by Crippen LogP contribution is 2.25. The van der Waals surface area contributed by atoms with Crippen molar-refractivity contribution in [2.45, 2.75) is 24.8 Å². The average molecular weight is 426 g/mol. The van der Waals surface area contributed by atoms with Crippen LogP contribution < -0.4 is 4.72 Å². The minimum atomic E-state index is -3.64. The Balaban J connectivity index is 2.09. The summed E-state index contributed by atoms with van der Waals surface area (Å²) in [5.74, 6) is 0.330. The lowest BCUT2D eigenvalue weighted by molar-refractivity contribution is 0.00776. The van der Waals surface area contributed by atoms with E-state index < -0.39 is 10.0 Å². The van der Waals surface area contributed by atoms with E-state index in [1.807, 2.05) is 0 Å². The molecular weight excluding hydrogens is 404 g/mol. The smallest absolute Gasteiger partial charge is 0.242 e. The highest BCUT2D eigenvalue weighted by Gasteiger charge is 2.26. The molecule has 0 bridgehead atoms. The molecule has 1 N–H and O–H groups in total. The Labute approximate surface area is 151 Å². The number of nitrogens with one attached hydrogen (secondary N) is 1. The van der Waals surface area contributed by atoms with E-state index in [0.29, 0.717) is 25.7 Å². The maximum absolute atomic E-state index is 12.5. The summed E-state index contributed by atoms with van der Waals surface area (Å²) in [7, 11) is -3.64. The number of hydrogen-bond donors (Lipinski definition) is 1. The van der Waals surface area contributed by atoms with Gasteiger partial charge in [-0.2, -0.15) is 0 Å². The van der Waals surface area contributed by atoms with Crippen LogP contribution in [-0.2, 0) is 14.8 Å². The van der Waals surface area contributed by atoms with Gasteiger partial charge in [0.15, 0.2) is 0 Å². The van der Waals surface area contributed by atoms with Crippen LogP contribution in [0.2, 0.25) is 5.02 Å². The molecule has 0 spiro atoms. The van der Waals surface area contributed by atoms with E-state index in [1.165, 1.54) is 6.07 Å². The molecule has 1 atom stereocenters. The monoisotopic (exact) mass is 424 g/mol. The van der Waals surface area contributed by atoms with Gasteiger partial charge in [-0.05, 0) is 24.1 Å². The van der Waals surface area contributed by atoms with Crippen molar-refractivity contribution >= 4 is 37.6 Å². The van der Waals surface area contributed by atoms with Gasteiger partial charge >= 0.3 is 0 Å². The Morgan fingerprint density at radius 3 is 2.57 bits per heavy atom. The van der Waals surface area contributed by atoms with E-state index in [1.54, 1.807) is 12.1 Å². The SMILES string of the molecule is CC(C)[C@@H](CNS(=O)(=O)c1ccc(Br)cc1Cl)N1CCOCC1. The first-order valence-corrected chi connectivity index (χ1v) is 10.2. The molecular formula is C15H22BrClN2O3S. The minimum Gasteiger partial charge on any atom is -0.379 e. The van der Waals surface area contributed by atoms with Crippen molar-refractivity contribution in [2.75, 3.05) is 32.8 Å². The summed E-state index contributed by atoms with van der Waals surface area (Å²) >= 11 is 9.34. The normalized spacial score (nSPS) is 18.3. The van der Waals surface area contributed by atoms with Crippen molar-refractivity contribution in [3.8, 4) is 0 Å². The van der Waals surface area contributed by atoms with Crippen LogP contribution in [0, 0.1) is 5.92 Å². The van der Waals surface area contributed by atoms with Crippen molar-refractivity contribution in [3.63, 3.8) is 0 Å². The second kappa shape index (κ2) is 8.27. The number of hydrogen-bond acceptors (Lipinski definition) is 4. The quantitative estimate of drug-likeness (QED) is 0.761. The minimum absolute atomic E-state index is 0.104. The Morgan fingerprint density at radius 2 is 2.00 bits per heavy atom. The number of halogens is 2. The summed E-state index contributed by atoms with van der Waals surface area (Å²) in [5, 5.41) is 0.208. The van der Waals surface area contributed by atoms with E-state index in [9.17, 15) is 8.42 Å². The summed E-state index contributed by atoms with van der Waals surface area (Å²) in [4.78, 5) is 2.38. The highest BCUT2D eigenvalue weighted by atomic mass is 79.9. The number of morpholine rings is 1. The number of benzene rings is 1. The molecule has 1 aliphatic rings. The van der Waals surface area contributed by atoms with Gasteiger partial charge in [-0.25, -0.2) is 13.1 Å². The van der Waals surface area contributed by atoms with Crippen LogP contribution in [0.1, 0.15) is 13.8 Å². The number of nitrogens with zero attached hydrogens (tertiary/aromatic N) is 1. The van der Waals surface area contributed by atoms with Gasteiger partial charge in [-0.1, -0.05) is 41.4 Å². The Kier molecular flexibility index (Phi) is 6.88. The Bertz CT molecular complexity index is 634. The molecule has 2 rings (SSSR count). The maximum atomic E-state index is 12.5. The molecule has 8 heteroatoms. The van der Waals surface area contributed by atoms with Crippen molar-refractivity contribution < 1.29 is 13.2 Å². The highest BCUT2D eigenvalue weighted by molar-refractivity contribution is 9.10. The molecule has 1 aromatic rings. The maximum Gasteiger partial charge on any atom is 0.242 e. The van der Waals surface area contributed by atoms with Crippen molar-refractivity contribution in [3.05, 3.63) is 27.7 Å². The lowest BCUT2D eigenvalue weighted by atomic mass is 10.0. The predicted molar refractivity (Wildman–Crippen MR) is 95.4 cm³/mol. The molecule has 0 amide bonds. The fraction of sp³-hybridized carbons (Fsp3) is 0.600. The molecule has 1 aliphatic heterocycles. The fourth-order valence-electron chi connectivity index (χ4n) is 2.66. The number of ether oxygens (including phenoxy) is 1. The van der Waals surface area contributed by atoms with Crippen molar-refractivity contribution in [2.24, 2.45) is 5.92 Å². The molecule has 0 unspecified atom stereocenters. The van der Waals surface area contributed by atoms with Crippen LogP contribution in [0.4, 0.5) is 0 Å². The molecule has 1 fully saturated rings. The summed E-state index contributed by atoms with van der Waals surface area (Å²) in [6.45, 7) is 7.57. The first kappa shape index (κ1) is 19.1. The number of sulfonamides is 1. The molecule has 130 valence electrons. The van der Waals surface area contributed by atoms with E-state index in [4.69, 9.17) is 16.3 Å². The van der Waals surface area contributed by atoms with Crippen LogP contribution >= 0.6 is 27.5 Å². The zero-order chi connectivity index (χ0) is 17.0. The zero-order valence-electron chi connectivity index (χ0n) is 13.3. The second-order valence-corrected chi connectivity index (χ2v) is 8.94. The third kappa shape index (κ3) is 5.14. The summed E-state index contributed by atoms with van der Waals surface area (Å²) in [6, 6.07) is 4.89. The van der Waals surface area contributed by atoms with Gasteiger partial charge in [0.05, 0.1) is 18.2 Å². The van der Waals surface area contributed by atoms with Crippen molar-refractivity contribution in [1.82, 2.24) is 9.62 Å². The fourth-order valence-corrected chi connectivity index (χ4v) is 4.75. The molecule has 0 aliphatic carbocycles. The molecule has 0 radical (unpaired) electrons. The van der Waals surface area contributed by atoms with Gasteiger partial charge in [-0.3, -0.25) is 4.90 Å². The lowest BCUT2D eigenvalue weighted by Gasteiger charge is -2.36. The van der Waals surface area contributed by atoms with E-state index >= 15 is 0 Å². The van der Waals surface area contributed by atoms with Gasteiger partial charge < -0.3 is 4.74 Å². The standard InChI is InChI=1S/C15H22BrClN2O3S/c1-11(2)14(19-5-7-22-8-6-19)10-18-23(20,21)15-4-3-12(16)9-13(15)17/h3-4,9,11,14,18H,5-8,10H2,1-2H3/t14-/m1/s1. The molecule has 0 aromatic heterocycles. The third-order valence-corrected chi connectivity index (χ3v) is 6.35. The lowest BCUT2D eigenvalue weighted by Crippen LogP contribution is -2.51. The third-order valence-electron chi connectivity index (χ3n) is 3.95. The van der Waals surface area contributed by atoms with Gasteiger partial charge in [0.2, 0.25) is 10.0 Å². The van der Waals surface area contributed by atoms with Crippen molar-refractivity contribution in [1.29, 1.82) is 0 Å². The molecule has 1 aromatic carbocycles. The topological polar surface area (TPSA) is 58.6 Å². The van der Waals surface area contributed by atoms with Crippen LogP contribution in [0.25, 0.3) is 0 Å². The first-order chi connectivity index (χ1) is 10.8. The van der Waals surface area contributed by atoms with Gasteiger partial charge in [-0.15, -0.1) is 0 Å². The average Bonchev–Trinajstić information content (AvgIpc) is 2.47. The van der Waals surface area contributed by atoms with Gasteiger partial charge in [0, 0.05) is 30.1 Å². The van der Waals surface area contributed by atoms with Crippen LogP contribution in [-0.4, -0.2) is 52.2 Å². The predicted octanol–water partition coefficient (Wildman–Crippen LogP) is 2.74. The summed E-state index contributed by atoms with van der Waals surface area (Å²) in [6.07, 6.45) is 0. The van der Waals surface area contributed by atoms with Crippen LogP contribution in [0.5, 0.6) is 0 Å². The van der Waals surface area contributed by atoms with E-state index in [0.717, 1.165) is 17.6 Å². The molecule has 1 saturated heterocycles. The summed E-state index contributed by atoms with van der Waals surface area (Å²) in [5.41, 5.74) is 0. The largest absolute Gasteiger partial charge is 0.379 e. The van der Waals surface area contributed by atoms with E-state index in [-0.39, 0.29) is 16.0 Å².